The predicted octanol–water partition coefficient (Wildman–Crippen LogP) is -1.51. The summed E-state index contributed by atoms with van der Waals surface area (Å²) in [4.78, 5) is 0. The van der Waals surface area contributed by atoms with E-state index in [1.165, 1.54) is 0 Å². The topological polar surface area (TPSA) is 64.1 Å². The number of hydrogen-bond acceptors (Lipinski definition) is 3. The van der Waals surface area contributed by atoms with E-state index < -0.39 is 0 Å². The van der Waals surface area contributed by atoms with Gasteiger partial charge < -0.3 is 16.8 Å². The lowest BCUT2D eigenvalue weighted by Gasteiger charge is -2.08. The molecule has 0 radical (unpaired) electrons. The van der Waals surface area contributed by atoms with Crippen molar-refractivity contribution in [1.82, 2.24) is 5.32 Å². The molecule has 1 aliphatic rings. The molecule has 0 aromatic carbocycles. The summed E-state index contributed by atoms with van der Waals surface area (Å²) in [5.41, 5.74) is 11.1. The first kappa shape index (κ1) is 6.01. The maximum absolute atomic E-state index is 5.65. The van der Waals surface area contributed by atoms with Gasteiger partial charge in [0.15, 0.2) is 0 Å². The summed E-state index contributed by atoms with van der Waals surface area (Å²) in [5, 5.41) is 3.17. The Labute approximate surface area is 49.4 Å². The summed E-state index contributed by atoms with van der Waals surface area (Å²) in [7, 11) is 0. The van der Waals surface area contributed by atoms with E-state index in [1.807, 2.05) is 0 Å². The van der Waals surface area contributed by atoms with Gasteiger partial charge in [-0.1, -0.05) is 0 Å². The maximum Gasteiger partial charge on any atom is 0.0218 e. The smallest absolute Gasteiger partial charge is 0.0218 e. The van der Waals surface area contributed by atoms with Crippen molar-refractivity contribution in [2.24, 2.45) is 17.4 Å². The molecule has 0 bridgehead atoms. The van der Waals surface area contributed by atoms with Gasteiger partial charge >= 0.3 is 0 Å². The van der Waals surface area contributed by atoms with Gasteiger partial charge in [-0.15, -0.1) is 0 Å². The SMILES string of the molecule is NCC1CNCC1N. The second kappa shape index (κ2) is 2.44. The fourth-order valence-corrected chi connectivity index (χ4v) is 1.01. The Hall–Kier alpha value is -0.120. The minimum atomic E-state index is 0.292. The fraction of sp³-hybridized carbons (Fsp3) is 1.00. The van der Waals surface area contributed by atoms with E-state index in [0.717, 1.165) is 13.1 Å². The van der Waals surface area contributed by atoms with Crippen LogP contribution >= 0.6 is 0 Å². The van der Waals surface area contributed by atoms with Gasteiger partial charge in [0.05, 0.1) is 0 Å². The summed E-state index contributed by atoms with van der Waals surface area (Å²) in [6.07, 6.45) is 0. The van der Waals surface area contributed by atoms with Crippen LogP contribution in [0, 0.1) is 5.92 Å². The number of hydrogen-bond donors (Lipinski definition) is 3. The number of nitrogens with one attached hydrogen (secondary N) is 1. The molecule has 8 heavy (non-hydrogen) atoms. The standard InChI is InChI=1S/C5H13N3/c6-1-4-2-8-3-5(4)7/h4-5,8H,1-3,6-7H2. The van der Waals surface area contributed by atoms with Crippen LogP contribution < -0.4 is 16.8 Å². The van der Waals surface area contributed by atoms with Crippen LogP contribution in [0.15, 0.2) is 0 Å². The molecule has 0 saturated carbocycles. The number of rotatable bonds is 1. The highest BCUT2D eigenvalue weighted by molar-refractivity contribution is 4.83. The summed E-state index contributed by atoms with van der Waals surface area (Å²) in [6, 6.07) is 0.292. The third kappa shape index (κ3) is 0.992. The van der Waals surface area contributed by atoms with Gasteiger partial charge in [-0.3, -0.25) is 0 Å². The summed E-state index contributed by atoms with van der Waals surface area (Å²) < 4.78 is 0. The lowest BCUT2D eigenvalue weighted by atomic mass is 10.1. The third-order valence-corrected chi connectivity index (χ3v) is 1.69. The molecule has 1 aliphatic heterocycles. The highest BCUT2D eigenvalue weighted by atomic mass is 15.0. The molecule has 5 N–H and O–H groups in total. The van der Waals surface area contributed by atoms with Crippen molar-refractivity contribution in [2.45, 2.75) is 6.04 Å². The van der Waals surface area contributed by atoms with E-state index in [2.05, 4.69) is 5.32 Å². The van der Waals surface area contributed by atoms with Crippen molar-refractivity contribution in [3.8, 4) is 0 Å². The number of nitrogens with two attached hydrogens (primary N) is 2. The summed E-state index contributed by atoms with van der Waals surface area (Å²) >= 11 is 0. The second-order valence-corrected chi connectivity index (χ2v) is 2.32. The van der Waals surface area contributed by atoms with E-state index >= 15 is 0 Å². The molecule has 1 heterocycles. The largest absolute Gasteiger partial charge is 0.330 e. The lowest BCUT2D eigenvalue weighted by molar-refractivity contribution is 0.526. The first-order valence-electron chi connectivity index (χ1n) is 3.01. The van der Waals surface area contributed by atoms with Crippen molar-refractivity contribution in [3.63, 3.8) is 0 Å². The van der Waals surface area contributed by atoms with Gasteiger partial charge in [0.25, 0.3) is 0 Å². The molecule has 1 saturated heterocycles. The predicted molar refractivity (Wildman–Crippen MR) is 33.4 cm³/mol. The van der Waals surface area contributed by atoms with E-state index in [4.69, 9.17) is 11.5 Å². The Kier molecular flexibility index (Phi) is 1.83. The minimum absolute atomic E-state index is 0.292. The highest BCUT2D eigenvalue weighted by Gasteiger charge is 2.20. The Morgan fingerprint density at radius 3 is 2.50 bits per heavy atom. The van der Waals surface area contributed by atoms with Crippen LogP contribution in [-0.2, 0) is 0 Å². The normalized spacial score (nSPS) is 38.2. The molecule has 0 amide bonds. The van der Waals surface area contributed by atoms with Crippen LogP contribution in [0.1, 0.15) is 0 Å². The van der Waals surface area contributed by atoms with E-state index in [0.29, 0.717) is 18.5 Å². The third-order valence-electron chi connectivity index (χ3n) is 1.69. The Bertz CT molecular complexity index is 74.1. The van der Waals surface area contributed by atoms with E-state index in [1.54, 1.807) is 0 Å². The minimum Gasteiger partial charge on any atom is -0.330 e. The van der Waals surface area contributed by atoms with Crippen LogP contribution in [-0.4, -0.2) is 25.7 Å². The molecular weight excluding hydrogens is 102 g/mol. The summed E-state index contributed by atoms with van der Waals surface area (Å²) in [6.45, 7) is 2.65. The Morgan fingerprint density at radius 1 is 1.50 bits per heavy atom. The van der Waals surface area contributed by atoms with Crippen LogP contribution in [0.4, 0.5) is 0 Å². The van der Waals surface area contributed by atoms with Crippen LogP contribution in [0.3, 0.4) is 0 Å². The fourth-order valence-electron chi connectivity index (χ4n) is 1.01. The van der Waals surface area contributed by atoms with Gasteiger partial charge in [0.2, 0.25) is 0 Å². The molecular formula is C5H13N3. The molecule has 48 valence electrons. The molecule has 0 aliphatic carbocycles. The lowest BCUT2D eigenvalue weighted by Crippen LogP contribution is -2.33. The molecule has 0 spiro atoms. The van der Waals surface area contributed by atoms with Crippen LogP contribution in [0.5, 0.6) is 0 Å². The van der Waals surface area contributed by atoms with Crippen molar-refractivity contribution >= 4 is 0 Å². The quantitative estimate of drug-likeness (QED) is 0.389. The highest BCUT2D eigenvalue weighted by Crippen LogP contribution is 2.02. The van der Waals surface area contributed by atoms with Crippen molar-refractivity contribution in [1.29, 1.82) is 0 Å². The Morgan fingerprint density at radius 2 is 2.25 bits per heavy atom. The zero-order chi connectivity index (χ0) is 5.98. The van der Waals surface area contributed by atoms with Crippen LogP contribution in [0.25, 0.3) is 0 Å². The molecule has 2 atom stereocenters. The van der Waals surface area contributed by atoms with Gasteiger partial charge in [0, 0.05) is 19.1 Å². The van der Waals surface area contributed by atoms with E-state index in [-0.39, 0.29) is 0 Å². The van der Waals surface area contributed by atoms with Gasteiger partial charge in [-0.25, -0.2) is 0 Å². The van der Waals surface area contributed by atoms with Crippen molar-refractivity contribution in [3.05, 3.63) is 0 Å². The molecule has 3 nitrogen and oxygen atoms in total. The maximum atomic E-state index is 5.65. The molecule has 1 fully saturated rings. The summed E-state index contributed by atoms with van der Waals surface area (Å²) in [5.74, 6) is 0.509. The second-order valence-electron chi connectivity index (χ2n) is 2.32. The monoisotopic (exact) mass is 115 g/mol. The molecule has 0 aromatic heterocycles. The molecule has 2 unspecified atom stereocenters. The first-order chi connectivity index (χ1) is 3.84. The first-order valence-corrected chi connectivity index (χ1v) is 3.01. The van der Waals surface area contributed by atoms with E-state index in [9.17, 15) is 0 Å². The molecule has 1 rings (SSSR count). The Balaban J connectivity index is 2.30. The van der Waals surface area contributed by atoms with Gasteiger partial charge in [-0.2, -0.15) is 0 Å². The zero-order valence-corrected chi connectivity index (χ0v) is 4.93. The molecule has 0 aromatic rings. The van der Waals surface area contributed by atoms with Crippen molar-refractivity contribution in [2.75, 3.05) is 19.6 Å². The zero-order valence-electron chi connectivity index (χ0n) is 4.93. The molecule has 3 heteroatoms. The van der Waals surface area contributed by atoms with Crippen LogP contribution in [0.2, 0.25) is 0 Å². The average Bonchev–Trinajstić information content (AvgIpc) is 2.14. The van der Waals surface area contributed by atoms with Crippen molar-refractivity contribution < 1.29 is 0 Å². The van der Waals surface area contributed by atoms with Gasteiger partial charge in [0.1, 0.15) is 0 Å². The average molecular weight is 115 g/mol. The van der Waals surface area contributed by atoms with Gasteiger partial charge in [-0.05, 0) is 12.5 Å².